The lowest BCUT2D eigenvalue weighted by molar-refractivity contribution is -0.136. The second-order valence-electron chi connectivity index (χ2n) is 3.22. The number of carbonyl (C=O) groups is 1. The van der Waals surface area contributed by atoms with E-state index in [1.165, 1.54) is 0 Å². The van der Waals surface area contributed by atoms with Crippen LogP contribution in [0.4, 0.5) is 0 Å². The summed E-state index contributed by atoms with van der Waals surface area (Å²) in [5.41, 5.74) is -0.217. The van der Waals surface area contributed by atoms with E-state index in [0.717, 1.165) is 0 Å². The van der Waals surface area contributed by atoms with Gasteiger partial charge in [-0.05, 0) is 20.8 Å². The number of aliphatic carboxylic acids is 1. The van der Waals surface area contributed by atoms with Crippen molar-refractivity contribution in [3.8, 4) is 0 Å². The third-order valence-corrected chi connectivity index (χ3v) is 0.883. The van der Waals surface area contributed by atoms with Gasteiger partial charge in [0.15, 0.2) is 0 Å². The molecule has 0 aromatic heterocycles. The van der Waals surface area contributed by atoms with E-state index < -0.39 is 5.97 Å². The minimum absolute atomic E-state index is 0.0594. The minimum Gasteiger partial charge on any atom is -0.480 e. The van der Waals surface area contributed by atoms with Crippen LogP contribution in [0.15, 0.2) is 0 Å². The molecule has 0 heterocycles. The van der Waals surface area contributed by atoms with Gasteiger partial charge < -0.3 is 9.84 Å². The van der Waals surface area contributed by atoms with Crippen LogP contribution in [0, 0.1) is 0 Å². The molecular weight excluding hydrogens is 194 g/mol. The van der Waals surface area contributed by atoms with Gasteiger partial charge in [0.25, 0.3) is 0 Å². The summed E-state index contributed by atoms with van der Waals surface area (Å²) in [4.78, 5) is 10.0. The van der Waals surface area contributed by atoms with Crippen molar-refractivity contribution in [3.05, 3.63) is 0 Å². The summed E-state index contributed by atoms with van der Waals surface area (Å²) in [6.07, 6.45) is 0. The number of hydrogen-bond donors (Lipinski definition) is 2. The molecule has 0 aliphatic rings. The van der Waals surface area contributed by atoms with Crippen LogP contribution in [0.1, 0.15) is 48.5 Å². The Morgan fingerprint density at radius 2 is 1.60 bits per heavy atom. The van der Waals surface area contributed by atoms with Crippen LogP contribution in [-0.4, -0.2) is 30.0 Å². The molecule has 4 heteroatoms. The Balaban J connectivity index is -0.000000318. The first kappa shape index (κ1) is 19.9. The lowest BCUT2D eigenvalue weighted by atomic mass is 10.2. The summed E-state index contributed by atoms with van der Waals surface area (Å²) in [5.74, 6) is -0.873. The Bertz CT molecular complexity index is 130. The molecule has 0 aliphatic heterocycles. The van der Waals surface area contributed by atoms with E-state index in [0.29, 0.717) is 0 Å². The highest BCUT2D eigenvalue weighted by atomic mass is 16.5. The van der Waals surface area contributed by atoms with Crippen LogP contribution < -0.4 is 5.32 Å². The number of rotatable bonds is 4. The van der Waals surface area contributed by atoms with Gasteiger partial charge in [0, 0.05) is 0 Å². The van der Waals surface area contributed by atoms with Crippen molar-refractivity contribution in [1.29, 1.82) is 0 Å². The second kappa shape index (κ2) is 13.4. The predicted molar refractivity (Wildman–Crippen MR) is 64.0 cm³/mol. The lowest BCUT2D eigenvalue weighted by Crippen LogP contribution is -2.30. The van der Waals surface area contributed by atoms with Crippen LogP contribution in [0.2, 0.25) is 0 Å². The molecule has 0 fully saturated rings. The molecular formula is C11H27NO3. The Labute approximate surface area is 94.0 Å². The summed E-state index contributed by atoms with van der Waals surface area (Å²) >= 11 is 0. The smallest absolute Gasteiger partial charge is 0.317 e. The maximum atomic E-state index is 10.0. The molecule has 15 heavy (non-hydrogen) atoms. The highest BCUT2D eigenvalue weighted by Gasteiger charge is 2.08. The number of hydrogen-bond acceptors (Lipinski definition) is 3. The Morgan fingerprint density at radius 3 is 1.87 bits per heavy atom. The minimum atomic E-state index is -0.873. The molecule has 0 spiro atoms. The van der Waals surface area contributed by atoms with Crippen LogP contribution in [0.3, 0.4) is 0 Å². The Hall–Kier alpha value is -0.610. The summed E-state index contributed by atoms with van der Waals surface area (Å²) in [6, 6.07) is 0. The maximum absolute atomic E-state index is 10.0. The predicted octanol–water partition coefficient (Wildman–Crippen LogP) is 2.49. The SMILES string of the molecule is CC.CC.CC(C)(C)OCNCC(=O)O. The molecule has 0 aromatic rings. The highest BCUT2D eigenvalue weighted by molar-refractivity contribution is 5.68. The molecule has 94 valence electrons. The first-order valence-corrected chi connectivity index (χ1v) is 5.48. The van der Waals surface area contributed by atoms with Crippen LogP contribution in [0.5, 0.6) is 0 Å². The zero-order chi connectivity index (χ0) is 12.9. The second-order valence-corrected chi connectivity index (χ2v) is 3.22. The lowest BCUT2D eigenvalue weighted by Gasteiger charge is -2.19. The number of carboxylic acids is 1. The molecule has 0 aromatic carbocycles. The van der Waals surface area contributed by atoms with E-state index in [-0.39, 0.29) is 18.9 Å². The van der Waals surface area contributed by atoms with Crippen LogP contribution >= 0.6 is 0 Å². The maximum Gasteiger partial charge on any atom is 0.317 e. The van der Waals surface area contributed by atoms with Gasteiger partial charge in [0.2, 0.25) is 0 Å². The van der Waals surface area contributed by atoms with Crippen molar-refractivity contribution in [3.63, 3.8) is 0 Å². The molecule has 0 unspecified atom stereocenters. The molecule has 0 aliphatic carbocycles. The summed E-state index contributed by atoms with van der Waals surface area (Å²) < 4.78 is 5.21. The standard InChI is InChI=1S/C7H15NO3.2C2H6/c1-7(2,3)11-5-8-4-6(9)10;2*1-2/h8H,4-5H2,1-3H3,(H,9,10);2*1-2H3. The van der Waals surface area contributed by atoms with Gasteiger partial charge in [-0.15, -0.1) is 0 Å². The average molecular weight is 221 g/mol. The quantitative estimate of drug-likeness (QED) is 0.565. The van der Waals surface area contributed by atoms with E-state index >= 15 is 0 Å². The molecule has 0 saturated carbocycles. The molecule has 4 nitrogen and oxygen atoms in total. The largest absolute Gasteiger partial charge is 0.480 e. The monoisotopic (exact) mass is 221 g/mol. The zero-order valence-corrected chi connectivity index (χ0v) is 11.2. The molecule has 0 amide bonds. The number of carboxylic acid groups (broad SMARTS) is 1. The van der Waals surface area contributed by atoms with Gasteiger partial charge in [0.1, 0.15) is 0 Å². The fourth-order valence-corrected chi connectivity index (χ4v) is 0.426. The molecule has 0 rings (SSSR count). The first-order valence-electron chi connectivity index (χ1n) is 5.48. The fourth-order valence-electron chi connectivity index (χ4n) is 0.426. The zero-order valence-electron chi connectivity index (χ0n) is 11.2. The van der Waals surface area contributed by atoms with Crippen molar-refractivity contribution in [2.24, 2.45) is 0 Å². The van der Waals surface area contributed by atoms with Gasteiger partial charge in [-0.3, -0.25) is 10.1 Å². The van der Waals surface area contributed by atoms with E-state index in [9.17, 15) is 4.79 Å². The van der Waals surface area contributed by atoms with E-state index in [4.69, 9.17) is 9.84 Å². The highest BCUT2D eigenvalue weighted by Crippen LogP contribution is 2.04. The normalized spacial score (nSPS) is 9.27. The van der Waals surface area contributed by atoms with E-state index in [1.807, 2.05) is 48.5 Å². The van der Waals surface area contributed by atoms with Crippen molar-refractivity contribution >= 4 is 5.97 Å². The van der Waals surface area contributed by atoms with Gasteiger partial charge >= 0.3 is 5.97 Å². The number of nitrogens with one attached hydrogen (secondary N) is 1. The van der Waals surface area contributed by atoms with Crippen molar-refractivity contribution in [2.75, 3.05) is 13.3 Å². The van der Waals surface area contributed by atoms with Crippen molar-refractivity contribution < 1.29 is 14.6 Å². The fraction of sp³-hybridized carbons (Fsp3) is 0.909. The topological polar surface area (TPSA) is 58.6 Å². The summed E-state index contributed by atoms with van der Waals surface area (Å²) in [6.45, 7) is 14.0. The summed E-state index contributed by atoms with van der Waals surface area (Å²) in [7, 11) is 0. The molecule has 2 N–H and O–H groups in total. The molecule has 0 atom stereocenters. The molecule has 0 saturated heterocycles. The molecule has 0 bridgehead atoms. The van der Waals surface area contributed by atoms with Crippen molar-refractivity contribution in [2.45, 2.75) is 54.1 Å². The summed E-state index contributed by atoms with van der Waals surface area (Å²) in [5, 5.41) is 10.8. The van der Waals surface area contributed by atoms with Crippen LogP contribution in [0.25, 0.3) is 0 Å². The number of ether oxygens (including phenoxy) is 1. The van der Waals surface area contributed by atoms with E-state index in [1.54, 1.807) is 0 Å². The first-order chi connectivity index (χ1) is 6.92. The Morgan fingerprint density at radius 1 is 1.20 bits per heavy atom. The Kier molecular flexibility index (Phi) is 17.8. The van der Waals surface area contributed by atoms with Gasteiger partial charge in [0.05, 0.1) is 18.9 Å². The van der Waals surface area contributed by atoms with Crippen LogP contribution in [-0.2, 0) is 9.53 Å². The van der Waals surface area contributed by atoms with Gasteiger partial charge in [-0.1, -0.05) is 27.7 Å². The average Bonchev–Trinajstić information content (AvgIpc) is 2.17. The van der Waals surface area contributed by atoms with Gasteiger partial charge in [-0.2, -0.15) is 0 Å². The van der Waals surface area contributed by atoms with E-state index in [2.05, 4.69) is 5.32 Å². The third-order valence-electron chi connectivity index (χ3n) is 0.883. The molecule has 0 radical (unpaired) electrons. The van der Waals surface area contributed by atoms with Crippen molar-refractivity contribution in [1.82, 2.24) is 5.32 Å². The van der Waals surface area contributed by atoms with Gasteiger partial charge in [-0.25, -0.2) is 0 Å². The third kappa shape index (κ3) is 31.8.